The lowest BCUT2D eigenvalue weighted by Crippen LogP contribution is -2.23. The van der Waals surface area contributed by atoms with E-state index in [1.807, 2.05) is 34.9 Å². The average Bonchev–Trinajstić information content (AvgIpc) is 3.24. The fraction of sp³-hybridized carbons (Fsp3) is 0.120. The van der Waals surface area contributed by atoms with Gasteiger partial charge in [-0.15, -0.1) is 10.2 Å². The molecule has 1 heterocycles. The van der Waals surface area contributed by atoms with Crippen molar-refractivity contribution in [3.8, 4) is 17.1 Å². The number of rotatable bonds is 7. The van der Waals surface area contributed by atoms with Gasteiger partial charge in [-0.1, -0.05) is 42.1 Å². The summed E-state index contributed by atoms with van der Waals surface area (Å²) in [5, 5.41) is 11.5. The van der Waals surface area contributed by atoms with E-state index in [4.69, 9.17) is 0 Å². The molecule has 0 spiro atoms. The van der Waals surface area contributed by atoms with Gasteiger partial charge in [-0.05, 0) is 62.4 Å². The molecule has 1 unspecified atom stereocenters. The molecule has 6 nitrogen and oxygen atoms in total. The number of carbonyl (C=O) groups excluding carboxylic acids is 2. The highest BCUT2D eigenvalue weighted by molar-refractivity contribution is 8.00. The number of anilines is 1. The number of amides is 1. The van der Waals surface area contributed by atoms with Crippen molar-refractivity contribution in [2.45, 2.75) is 24.3 Å². The van der Waals surface area contributed by atoms with Gasteiger partial charge in [-0.25, -0.2) is 4.39 Å². The predicted molar refractivity (Wildman–Crippen MR) is 127 cm³/mol. The summed E-state index contributed by atoms with van der Waals surface area (Å²) in [6.45, 7) is 3.27. The summed E-state index contributed by atoms with van der Waals surface area (Å²) in [6.07, 6.45) is 0. The van der Waals surface area contributed by atoms with Gasteiger partial charge in [0.25, 0.3) is 0 Å². The Hall–Kier alpha value is -3.78. The van der Waals surface area contributed by atoms with Crippen LogP contribution in [0.5, 0.6) is 0 Å². The lowest BCUT2D eigenvalue weighted by Gasteiger charge is -2.14. The first-order chi connectivity index (χ1) is 15.9. The van der Waals surface area contributed by atoms with Crippen LogP contribution < -0.4 is 5.32 Å². The van der Waals surface area contributed by atoms with Gasteiger partial charge in [0.05, 0.1) is 5.25 Å². The molecule has 33 heavy (non-hydrogen) atoms. The SMILES string of the molecule is CC(=O)c1ccc(NC(=O)C(C)Sc2nnc(-c3ccccc3)n2-c2ccc(F)cc2)cc1. The maximum Gasteiger partial charge on any atom is 0.237 e. The molecular formula is C25H21FN4O2S. The second kappa shape index (κ2) is 9.79. The number of hydrogen-bond donors (Lipinski definition) is 1. The van der Waals surface area contributed by atoms with E-state index in [2.05, 4.69) is 15.5 Å². The lowest BCUT2D eigenvalue weighted by atomic mass is 10.1. The van der Waals surface area contributed by atoms with Crippen LogP contribution in [0.25, 0.3) is 17.1 Å². The Morgan fingerprint density at radius 2 is 1.61 bits per heavy atom. The summed E-state index contributed by atoms with van der Waals surface area (Å²) in [6, 6.07) is 22.3. The first-order valence-electron chi connectivity index (χ1n) is 10.3. The van der Waals surface area contributed by atoms with Gasteiger partial charge in [-0.2, -0.15) is 0 Å². The van der Waals surface area contributed by atoms with Crippen LogP contribution in [0.15, 0.2) is 84.0 Å². The number of hydrogen-bond acceptors (Lipinski definition) is 5. The van der Waals surface area contributed by atoms with Crippen LogP contribution in [0, 0.1) is 5.82 Å². The monoisotopic (exact) mass is 460 g/mol. The summed E-state index contributed by atoms with van der Waals surface area (Å²) < 4.78 is 15.3. The number of thioether (sulfide) groups is 1. The largest absolute Gasteiger partial charge is 0.325 e. The van der Waals surface area contributed by atoms with E-state index in [0.29, 0.717) is 27.9 Å². The standard InChI is InChI=1S/C25H21FN4O2S/c1-16(31)18-8-12-21(13-9-18)27-24(32)17(2)33-25-29-28-23(19-6-4-3-5-7-19)30(25)22-14-10-20(26)11-15-22/h3-15,17H,1-2H3,(H,27,32). The van der Waals surface area contributed by atoms with Crippen molar-refractivity contribution >= 4 is 29.1 Å². The summed E-state index contributed by atoms with van der Waals surface area (Å²) in [7, 11) is 0. The second-order valence-electron chi connectivity index (χ2n) is 7.37. The molecule has 1 atom stereocenters. The van der Waals surface area contributed by atoms with E-state index >= 15 is 0 Å². The van der Waals surface area contributed by atoms with Crippen LogP contribution in [-0.4, -0.2) is 31.7 Å². The van der Waals surface area contributed by atoms with Crippen LogP contribution >= 0.6 is 11.8 Å². The Morgan fingerprint density at radius 1 is 0.939 bits per heavy atom. The topological polar surface area (TPSA) is 76.9 Å². The van der Waals surface area contributed by atoms with E-state index in [1.54, 1.807) is 43.3 Å². The summed E-state index contributed by atoms with van der Waals surface area (Å²) in [5.41, 5.74) is 2.72. The van der Waals surface area contributed by atoms with Gasteiger partial charge in [0.2, 0.25) is 5.91 Å². The normalized spacial score (nSPS) is 11.7. The number of halogens is 1. The van der Waals surface area contributed by atoms with Crippen LogP contribution in [0.4, 0.5) is 10.1 Å². The van der Waals surface area contributed by atoms with E-state index in [9.17, 15) is 14.0 Å². The Balaban J connectivity index is 1.59. The minimum atomic E-state index is -0.496. The Morgan fingerprint density at radius 3 is 2.24 bits per heavy atom. The van der Waals surface area contributed by atoms with Crippen molar-refractivity contribution in [3.05, 3.63) is 90.2 Å². The fourth-order valence-corrected chi connectivity index (χ4v) is 4.05. The first-order valence-corrected chi connectivity index (χ1v) is 11.2. The third-order valence-corrected chi connectivity index (χ3v) is 6.00. The lowest BCUT2D eigenvalue weighted by molar-refractivity contribution is -0.115. The van der Waals surface area contributed by atoms with Gasteiger partial charge < -0.3 is 5.32 Å². The van der Waals surface area contributed by atoms with Gasteiger partial charge in [0, 0.05) is 22.5 Å². The molecular weight excluding hydrogens is 439 g/mol. The van der Waals surface area contributed by atoms with Crippen LogP contribution in [0.3, 0.4) is 0 Å². The van der Waals surface area contributed by atoms with E-state index in [1.165, 1.54) is 30.8 Å². The summed E-state index contributed by atoms with van der Waals surface area (Å²) >= 11 is 1.25. The first kappa shape index (κ1) is 22.4. The molecule has 0 fully saturated rings. The number of benzene rings is 3. The van der Waals surface area contributed by atoms with Gasteiger partial charge >= 0.3 is 0 Å². The summed E-state index contributed by atoms with van der Waals surface area (Å²) in [4.78, 5) is 24.2. The molecule has 0 bridgehead atoms. The van der Waals surface area contributed by atoms with Crippen molar-refractivity contribution in [1.29, 1.82) is 0 Å². The number of carbonyl (C=O) groups is 2. The number of Topliss-reactive ketones (excluding diaryl/α,β-unsaturated/α-hetero) is 1. The van der Waals surface area contributed by atoms with Crippen molar-refractivity contribution in [1.82, 2.24) is 14.8 Å². The maximum absolute atomic E-state index is 13.5. The molecule has 8 heteroatoms. The molecule has 1 aromatic heterocycles. The Bertz CT molecular complexity index is 1270. The third kappa shape index (κ3) is 5.18. The van der Waals surface area contributed by atoms with Crippen molar-refractivity contribution in [3.63, 3.8) is 0 Å². The second-order valence-corrected chi connectivity index (χ2v) is 8.67. The highest BCUT2D eigenvalue weighted by Crippen LogP contribution is 2.30. The van der Waals surface area contributed by atoms with Crippen LogP contribution in [0.2, 0.25) is 0 Å². The molecule has 0 aliphatic rings. The number of nitrogens with zero attached hydrogens (tertiary/aromatic N) is 3. The Kier molecular flexibility index (Phi) is 6.65. The van der Waals surface area contributed by atoms with Crippen molar-refractivity contribution < 1.29 is 14.0 Å². The van der Waals surface area contributed by atoms with E-state index < -0.39 is 5.25 Å². The minimum Gasteiger partial charge on any atom is -0.325 e. The maximum atomic E-state index is 13.5. The van der Waals surface area contributed by atoms with Gasteiger partial charge in [-0.3, -0.25) is 14.2 Å². The highest BCUT2D eigenvalue weighted by Gasteiger charge is 2.22. The van der Waals surface area contributed by atoms with Crippen LogP contribution in [-0.2, 0) is 4.79 Å². The minimum absolute atomic E-state index is 0.0360. The zero-order valence-electron chi connectivity index (χ0n) is 18.0. The molecule has 1 N–H and O–H groups in total. The third-order valence-electron chi connectivity index (χ3n) is 4.96. The average molecular weight is 461 g/mol. The Labute approximate surface area is 194 Å². The molecule has 4 rings (SSSR count). The van der Waals surface area contributed by atoms with Gasteiger partial charge in [0.15, 0.2) is 16.8 Å². The quantitative estimate of drug-likeness (QED) is 0.295. The highest BCUT2D eigenvalue weighted by atomic mass is 32.2. The smallest absolute Gasteiger partial charge is 0.237 e. The zero-order chi connectivity index (χ0) is 23.4. The molecule has 3 aromatic carbocycles. The number of aromatic nitrogens is 3. The predicted octanol–water partition coefficient (Wildman–Crippen LogP) is 5.40. The molecule has 0 aliphatic carbocycles. The van der Waals surface area contributed by atoms with E-state index in [-0.39, 0.29) is 17.5 Å². The molecule has 0 radical (unpaired) electrons. The van der Waals surface area contributed by atoms with Gasteiger partial charge in [0.1, 0.15) is 5.82 Å². The number of ketones is 1. The zero-order valence-corrected chi connectivity index (χ0v) is 18.8. The molecule has 1 amide bonds. The molecule has 0 saturated heterocycles. The molecule has 4 aromatic rings. The fourth-order valence-electron chi connectivity index (χ4n) is 3.19. The van der Waals surface area contributed by atoms with Crippen molar-refractivity contribution in [2.75, 3.05) is 5.32 Å². The molecule has 0 saturated carbocycles. The van der Waals surface area contributed by atoms with E-state index in [0.717, 1.165) is 5.56 Å². The number of nitrogens with one attached hydrogen (secondary N) is 1. The summed E-state index contributed by atoms with van der Waals surface area (Å²) in [5.74, 6) is -0.000365. The van der Waals surface area contributed by atoms with Crippen molar-refractivity contribution in [2.24, 2.45) is 0 Å². The van der Waals surface area contributed by atoms with Crippen LogP contribution in [0.1, 0.15) is 24.2 Å². The molecule has 0 aliphatic heterocycles. The molecule has 166 valence electrons.